The van der Waals surface area contributed by atoms with Crippen LogP contribution in [0.5, 0.6) is 0 Å². The van der Waals surface area contributed by atoms with Crippen molar-refractivity contribution in [1.29, 1.82) is 0 Å². The van der Waals surface area contributed by atoms with E-state index < -0.39 is 0 Å². The van der Waals surface area contributed by atoms with Crippen molar-refractivity contribution in [1.82, 2.24) is 15.0 Å². The lowest BCUT2D eigenvalue weighted by Crippen LogP contribution is -2.11. The third-order valence-electron chi connectivity index (χ3n) is 6.33. The van der Waals surface area contributed by atoms with Crippen LogP contribution in [0.25, 0.3) is 43.8 Å². The maximum Gasteiger partial charge on any atom is 0.257 e. The Bertz CT molecular complexity index is 1740. The van der Waals surface area contributed by atoms with Gasteiger partial charge in [0.2, 0.25) is 0 Å². The van der Waals surface area contributed by atoms with E-state index in [9.17, 15) is 4.79 Å². The molecule has 36 heavy (non-hydrogen) atoms. The van der Waals surface area contributed by atoms with E-state index in [4.69, 9.17) is 9.97 Å². The van der Waals surface area contributed by atoms with Crippen molar-refractivity contribution in [3.8, 4) is 22.5 Å². The Balaban J connectivity index is 1.40. The van der Waals surface area contributed by atoms with E-state index in [1.165, 1.54) is 16.9 Å². The minimum Gasteiger partial charge on any atom is -0.298 e. The molecule has 0 aliphatic rings. The number of amides is 1. The zero-order valence-corrected chi connectivity index (χ0v) is 20.6. The molecule has 2 heterocycles. The maximum atomic E-state index is 13.1. The first-order chi connectivity index (χ1) is 17.6. The number of carbonyl (C=O) groups excluding carboxylic acids is 1. The van der Waals surface area contributed by atoms with Crippen LogP contribution in [0.15, 0.2) is 91.0 Å². The largest absolute Gasteiger partial charge is 0.298 e. The SMILES string of the molecule is Cc1ccc2sc(NC(=O)c3ccc4nc(-c5ccccc5)c(-c5ccccc5)nc4c3)nc2c1C. The van der Waals surface area contributed by atoms with Crippen molar-refractivity contribution in [2.45, 2.75) is 13.8 Å². The second-order valence-corrected chi connectivity index (χ2v) is 9.71. The number of fused-ring (bicyclic) bond motifs is 2. The molecule has 5 nitrogen and oxygen atoms in total. The van der Waals surface area contributed by atoms with Gasteiger partial charge in [-0.15, -0.1) is 0 Å². The van der Waals surface area contributed by atoms with E-state index in [1.54, 1.807) is 12.1 Å². The molecule has 0 unspecified atom stereocenters. The predicted molar refractivity (Wildman–Crippen MR) is 147 cm³/mol. The fourth-order valence-corrected chi connectivity index (χ4v) is 5.16. The molecular weight excluding hydrogens is 464 g/mol. The highest BCUT2D eigenvalue weighted by atomic mass is 32.1. The molecule has 6 heteroatoms. The number of benzene rings is 4. The van der Waals surface area contributed by atoms with Crippen LogP contribution in [0, 0.1) is 13.8 Å². The van der Waals surface area contributed by atoms with Crippen LogP contribution in [-0.4, -0.2) is 20.9 Å². The molecule has 0 atom stereocenters. The van der Waals surface area contributed by atoms with Crippen LogP contribution >= 0.6 is 11.3 Å². The maximum absolute atomic E-state index is 13.1. The van der Waals surface area contributed by atoms with Gasteiger partial charge in [0.1, 0.15) is 0 Å². The smallest absolute Gasteiger partial charge is 0.257 e. The summed E-state index contributed by atoms with van der Waals surface area (Å²) in [6, 6.07) is 29.6. The van der Waals surface area contributed by atoms with Crippen molar-refractivity contribution in [3.05, 3.63) is 108 Å². The van der Waals surface area contributed by atoms with Gasteiger partial charge in [0.05, 0.1) is 32.6 Å². The molecule has 6 rings (SSSR count). The molecule has 174 valence electrons. The zero-order valence-electron chi connectivity index (χ0n) is 19.8. The second kappa shape index (κ2) is 8.98. The lowest BCUT2D eigenvalue weighted by atomic mass is 10.0. The molecule has 0 aliphatic heterocycles. The quantitative estimate of drug-likeness (QED) is 0.281. The topological polar surface area (TPSA) is 67.8 Å². The van der Waals surface area contributed by atoms with Gasteiger partial charge in [0.15, 0.2) is 5.13 Å². The number of carbonyl (C=O) groups is 1. The van der Waals surface area contributed by atoms with Gasteiger partial charge < -0.3 is 0 Å². The van der Waals surface area contributed by atoms with E-state index in [-0.39, 0.29) is 5.91 Å². The number of nitrogens with zero attached hydrogens (tertiary/aromatic N) is 3. The lowest BCUT2D eigenvalue weighted by molar-refractivity contribution is 0.102. The standard InChI is InChI=1S/C30H22N4OS/c1-18-13-16-25-26(19(18)2)33-30(36-25)34-29(35)22-14-15-23-24(17-22)32-28(21-11-7-4-8-12-21)27(31-23)20-9-5-3-6-10-20/h3-17H,1-2H3,(H,33,34,35). The minimum absolute atomic E-state index is 0.222. The Hall–Kier alpha value is -4.42. The Morgan fingerprint density at radius 1 is 0.722 bits per heavy atom. The molecule has 0 saturated carbocycles. The Morgan fingerprint density at radius 3 is 2.03 bits per heavy atom. The number of aryl methyl sites for hydroxylation is 2. The first-order valence-electron chi connectivity index (χ1n) is 11.7. The summed E-state index contributed by atoms with van der Waals surface area (Å²) in [5.74, 6) is -0.222. The highest BCUT2D eigenvalue weighted by molar-refractivity contribution is 7.22. The molecule has 1 amide bonds. The van der Waals surface area contributed by atoms with Crippen LogP contribution < -0.4 is 5.32 Å². The molecule has 1 N–H and O–H groups in total. The lowest BCUT2D eigenvalue weighted by Gasteiger charge is -2.11. The summed E-state index contributed by atoms with van der Waals surface area (Å²) in [5.41, 5.74) is 8.71. The van der Waals surface area contributed by atoms with Crippen LogP contribution in [0.1, 0.15) is 21.5 Å². The van der Waals surface area contributed by atoms with Crippen molar-refractivity contribution in [2.24, 2.45) is 0 Å². The molecule has 0 bridgehead atoms. The van der Waals surface area contributed by atoms with Crippen LogP contribution in [0.2, 0.25) is 0 Å². The second-order valence-electron chi connectivity index (χ2n) is 8.68. The van der Waals surface area contributed by atoms with E-state index in [1.807, 2.05) is 72.8 Å². The first-order valence-corrected chi connectivity index (χ1v) is 12.5. The Morgan fingerprint density at radius 2 is 1.36 bits per heavy atom. The van der Waals surface area contributed by atoms with Gasteiger partial charge in [-0.3, -0.25) is 10.1 Å². The van der Waals surface area contributed by atoms with Crippen LogP contribution in [-0.2, 0) is 0 Å². The van der Waals surface area contributed by atoms with E-state index in [0.717, 1.165) is 43.8 Å². The average Bonchev–Trinajstić information content (AvgIpc) is 3.34. The summed E-state index contributed by atoms with van der Waals surface area (Å²) in [7, 11) is 0. The predicted octanol–water partition coefficient (Wildman–Crippen LogP) is 7.44. The number of rotatable bonds is 4. The Kier molecular flexibility index (Phi) is 5.51. The van der Waals surface area contributed by atoms with Gasteiger partial charge >= 0.3 is 0 Å². The number of hydrogen-bond acceptors (Lipinski definition) is 5. The monoisotopic (exact) mass is 486 g/mol. The molecular formula is C30H22N4OS. The van der Waals surface area contributed by atoms with Crippen LogP contribution in [0.3, 0.4) is 0 Å². The molecule has 0 saturated heterocycles. The summed E-state index contributed by atoms with van der Waals surface area (Å²) < 4.78 is 1.05. The average molecular weight is 487 g/mol. The number of nitrogens with one attached hydrogen (secondary N) is 1. The zero-order chi connectivity index (χ0) is 24.6. The van der Waals surface area contributed by atoms with Gasteiger partial charge in [-0.25, -0.2) is 15.0 Å². The van der Waals surface area contributed by atoms with Crippen LogP contribution in [0.4, 0.5) is 5.13 Å². The fraction of sp³-hybridized carbons (Fsp3) is 0.0667. The van der Waals surface area contributed by atoms with Gasteiger partial charge in [-0.05, 0) is 49.2 Å². The van der Waals surface area contributed by atoms with Gasteiger partial charge in [-0.2, -0.15) is 0 Å². The number of hydrogen-bond donors (Lipinski definition) is 1. The highest BCUT2D eigenvalue weighted by Crippen LogP contribution is 2.32. The molecule has 2 aromatic heterocycles. The summed E-state index contributed by atoms with van der Waals surface area (Å²) in [6.07, 6.45) is 0. The van der Waals surface area contributed by atoms with E-state index >= 15 is 0 Å². The summed E-state index contributed by atoms with van der Waals surface area (Å²) in [4.78, 5) is 27.7. The number of thiazole rings is 1. The third-order valence-corrected chi connectivity index (χ3v) is 7.26. The van der Waals surface area contributed by atoms with E-state index in [0.29, 0.717) is 16.2 Å². The number of anilines is 1. The third kappa shape index (κ3) is 4.01. The van der Waals surface area contributed by atoms with Gasteiger partial charge in [0.25, 0.3) is 5.91 Å². The first kappa shape index (κ1) is 22.1. The molecule has 0 spiro atoms. The normalized spacial score (nSPS) is 11.2. The van der Waals surface area contributed by atoms with Gasteiger partial charge in [0, 0.05) is 16.7 Å². The molecule has 0 radical (unpaired) electrons. The molecule has 0 aliphatic carbocycles. The summed E-state index contributed by atoms with van der Waals surface area (Å²) >= 11 is 1.48. The molecule has 0 fully saturated rings. The van der Waals surface area contributed by atoms with Crippen molar-refractivity contribution in [3.63, 3.8) is 0 Å². The van der Waals surface area contributed by atoms with E-state index in [2.05, 4.69) is 30.2 Å². The fourth-order valence-electron chi connectivity index (χ4n) is 4.24. The summed E-state index contributed by atoms with van der Waals surface area (Å²) in [6.45, 7) is 4.12. The minimum atomic E-state index is -0.222. The Labute approximate surface area is 212 Å². The number of aromatic nitrogens is 3. The van der Waals surface area contributed by atoms with Gasteiger partial charge in [-0.1, -0.05) is 78.1 Å². The highest BCUT2D eigenvalue weighted by Gasteiger charge is 2.16. The van der Waals surface area contributed by atoms with Crippen molar-refractivity contribution in [2.75, 3.05) is 5.32 Å². The van der Waals surface area contributed by atoms with Crippen molar-refractivity contribution >= 4 is 43.6 Å². The summed E-state index contributed by atoms with van der Waals surface area (Å²) in [5, 5.41) is 3.55. The van der Waals surface area contributed by atoms with Crippen molar-refractivity contribution < 1.29 is 4.79 Å². The molecule has 4 aromatic carbocycles. The molecule has 6 aromatic rings.